The minimum absolute atomic E-state index is 0.0684. The maximum atomic E-state index is 12.7. The molecule has 23 heavy (non-hydrogen) atoms. The number of nitrogens with zero attached hydrogens (tertiary/aromatic N) is 1. The van der Waals surface area contributed by atoms with Gasteiger partial charge in [0.2, 0.25) is 5.91 Å². The number of hydrogen-bond acceptors (Lipinski definition) is 2. The Morgan fingerprint density at radius 1 is 1.30 bits per heavy atom. The van der Waals surface area contributed by atoms with E-state index in [0.717, 1.165) is 11.3 Å². The van der Waals surface area contributed by atoms with Crippen LogP contribution in [0.1, 0.15) is 40.2 Å². The van der Waals surface area contributed by atoms with E-state index in [-0.39, 0.29) is 23.3 Å². The number of para-hydroxylation sites is 1. The van der Waals surface area contributed by atoms with E-state index in [1.165, 1.54) is 0 Å². The lowest BCUT2D eigenvalue weighted by Crippen LogP contribution is -2.60. The molecule has 1 atom stereocenters. The Bertz CT molecular complexity index is 590. The largest absolute Gasteiger partial charge is 0.353 e. The number of amides is 3. The Balaban J connectivity index is 2.23. The lowest BCUT2D eigenvalue weighted by molar-refractivity contribution is -0.129. The van der Waals surface area contributed by atoms with Gasteiger partial charge in [-0.2, -0.15) is 0 Å². The van der Waals surface area contributed by atoms with E-state index >= 15 is 0 Å². The number of hydrogen-bond donors (Lipinski definition) is 2. The molecule has 2 N–H and O–H groups in total. The molecule has 126 valence electrons. The molecule has 1 aliphatic heterocycles. The predicted molar refractivity (Wildman–Crippen MR) is 92.5 cm³/mol. The molecule has 0 aliphatic carbocycles. The first kappa shape index (κ1) is 17.3. The Morgan fingerprint density at radius 3 is 2.57 bits per heavy atom. The minimum atomic E-state index is -0.425. The average Bonchev–Trinajstić information content (AvgIpc) is 2.46. The quantitative estimate of drug-likeness (QED) is 0.881. The zero-order valence-electron chi connectivity index (χ0n) is 14.6. The van der Waals surface area contributed by atoms with Crippen molar-refractivity contribution < 1.29 is 9.59 Å². The number of anilines is 1. The van der Waals surface area contributed by atoms with E-state index in [9.17, 15) is 9.59 Å². The highest BCUT2D eigenvalue weighted by Crippen LogP contribution is 2.29. The maximum Gasteiger partial charge on any atom is 0.322 e. The molecular weight excluding hydrogens is 290 g/mol. The molecule has 2 rings (SSSR count). The van der Waals surface area contributed by atoms with Crippen molar-refractivity contribution in [3.8, 4) is 0 Å². The van der Waals surface area contributed by atoms with Crippen LogP contribution in [0.2, 0.25) is 0 Å². The number of piperazine rings is 1. The number of rotatable bonds is 2. The fraction of sp³-hybridized carbons (Fsp3) is 0.556. The fourth-order valence-electron chi connectivity index (χ4n) is 3.01. The summed E-state index contributed by atoms with van der Waals surface area (Å²) in [7, 11) is 0. The third-order valence-electron chi connectivity index (χ3n) is 4.13. The Hall–Kier alpha value is -2.04. The highest BCUT2D eigenvalue weighted by molar-refractivity contribution is 5.95. The van der Waals surface area contributed by atoms with Crippen LogP contribution >= 0.6 is 0 Å². The summed E-state index contributed by atoms with van der Waals surface area (Å²) in [6.45, 7) is 11.3. The first-order valence-electron chi connectivity index (χ1n) is 8.16. The molecule has 1 unspecified atom stereocenters. The van der Waals surface area contributed by atoms with Gasteiger partial charge in [-0.3, -0.25) is 4.79 Å². The molecule has 1 saturated heterocycles. The van der Waals surface area contributed by atoms with Crippen molar-refractivity contribution in [3.63, 3.8) is 0 Å². The molecule has 1 aromatic carbocycles. The highest BCUT2D eigenvalue weighted by atomic mass is 16.2. The molecule has 0 radical (unpaired) electrons. The van der Waals surface area contributed by atoms with E-state index in [1.807, 2.05) is 38.1 Å². The summed E-state index contributed by atoms with van der Waals surface area (Å²) in [5.74, 6) is -0.00980. The second kappa shape index (κ2) is 6.60. The van der Waals surface area contributed by atoms with Crippen LogP contribution < -0.4 is 10.6 Å². The third kappa shape index (κ3) is 3.84. The van der Waals surface area contributed by atoms with Crippen molar-refractivity contribution >= 4 is 17.6 Å². The summed E-state index contributed by atoms with van der Waals surface area (Å²) < 4.78 is 0. The molecule has 1 aromatic rings. The Morgan fingerprint density at radius 2 is 1.96 bits per heavy atom. The number of nitrogens with one attached hydrogen (secondary N) is 2. The predicted octanol–water partition coefficient (Wildman–Crippen LogP) is 2.97. The van der Waals surface area contributed by atoms with Gasteiger partial charge in [-0.1, -0.05) is 52.8 Å². The minimum Gasteiger partial charge on any atom is -0.353 e. The fourth-order valence-corrected chi connectivity index (χ4v) is 3.01. The van der Waals surface area contributed by atoms with E-state index in [2.05, 4.69) is 31.4 Å². The van der Waals surface area contributed by atoms with Crippen molar-refractivity contribution in [2.75, 3.05) is 18.4 Å². The second-order valence-electron chi connectivity index (χ2n) is 7.40. The summed E-state index contributed by atoms with van der Waals surface area (Å²) in [6.07, 6.45) is 0. The van der Waals surface area contributed by atoms with Crippen LogP contribution in [0.5, 0.6) is 0 Å². The van der Waals surface area contributed by atoms with Gasteiger partial charge in [0, 0.05) is 18.8 Å². The molecule has 0 aromatic heterocycles. The molecule has 3 amide bonds. The smallest absolute Gasteiger partial charge is 0.322 e. The number of urea groups is 1. The van der Waals surface area contributed by atoms with Crippen molar-refractivity contribution in [1.29, 1.82) is 0 Å². The number of carbonyl (C=O) groups excluding carboxylic acids is 2. The van der Waals surface area contributed by atoms with Crippen LogP contribution in [-0.4, -0.2) is 36.0 Å². The second-order valence-corrected chi connectivity index (χ2v) is 7.40. The van der Waals surface area contributed by atoms with Gasteiger partial charge in [-0.25, -0.2) is 4.79 Å². The van der Waals surface area contributed by atoms with Crippen molar-refractivity contribution in [2.24, 2.45) is 5.92 Å². The highest BCUT2D eigenvalue weighted by Gasteiger charge is 2.35. The van der Waals surface area contributed by atoms with Crippen LogP contribution in [0.3, 0.4) is 0 Å². The molecule has 1 aliphatic rings. The zero-order chi connectivity index (χ0) is 17.2. The van der Waals surface area contributed by atoms with E-state index < -0.39 is 6.04 Å². The summed E-state index contributed by atoms with van der Waals surface area (Å²) in [5.41, 5.74) is 1.81. The van der Waals surface area contributed by atoms with Gasteiger partial charge in [-0.05, 0) is 23.0 Å². The van der Waals surface area contributed by atoms with E-state index in [1.54, 1.807) is 4.90 Å². The van der Waals surface area contributed by atoms with Gasteiger partial charge in [0.25, 0.3) is 0 Å². The van der Waals surface area contributed by atoms with Crippen LogP contribution in [-0.2, 0) is 10.2 Å². The van der Waals surface area contributed by atoms with Crippen molar-refractivity contribution in [1.82, 2.24) is 10.2 Å². The van der Waals surface area contributed by atoms with Gasteiger partial charge in [0.15, 0.2) is 0 Å². The normalized spacial score (nSPS) is 18.8. The molecule has 1 heterocycles. The maximum absolute atomic E-state index is 12.7. The average molecular weight is 317 g/mol. The van der Waals surface area contributed by atoms with E-state index in [4.69, 9.17) is 0 Å². The third-order valence-corrected chi connectivity index (χ3v) is 4.13. The van der Waals surface area contributed by atoms with Crippen molar-refractivity contribution in [2.45, 2.75) is 46.1 Å². The van der Waals surface area contributed by atoms with Crippen LogP contribution in [0.25, 0.3) is 0 Å². The Kier molecular flexibility index (Phi) is 4.97. The summed E-state index contributed by atoms with van der Waals surface area (Å²) in [4.78, 5) is 26.5. The summed E-state index contributed by atoms with van der Waals surface area (Å²) in [5, 5.41) is 5.84. The first-order valence-corrected chi connectivity index (χ1v) is 8.16. The number of benzene rings is 1. The van der Waals surface area contributed by atoms with Gasteiger partial charge in [0.05, 0.1) is 0 Å². The van der Waals surface area contributed by atoms with E-state index in [0.29, 0.717) is 13.1 Å². The topological polar surface area (TPSA) is 61.4 Å². The van der Waals surface area contributed by atoms with Gasteiger partial charge >= 0.3 is 6.03 Å². The molecule has 0 spiro atoms. The van der Waals surface area contributed by atoms with Gasteiger partial charge in [0.1, 0.15) is 6.04 Å². The molecule has 0 saturated carbocycles. The van der Waals surface area contributed by atoms with Crippen LogP contribution in [0, 0.1) is 5.92 Å². The first-order chi connectivity index (χ1) is 10.7. The van der Waals surface area contributed by atoms with Gasteiger partial charge < -0.3 is 15.5 Å². The monoisotopic (exact) mass is 317 g/mol. The molecular formula is C18H27N3O2. The number of carbonyl (C=O) groups is 2. The Labute approximate surface area is 138 Å². The SMILES string of the molecule is CC(C)C1C(=O)NCCN1C(=O)Nc1ccccc1C(C)(C)C. The van der Waals surface area contributed by atoms with Crippen molar-refractivity contribution in [3.05, 3.63) is 29.8 Å². The zero-order valence-corrected chi connectivity index (χ0v) is 14.6. The molecule has 5 nitrogen and oxygen atoms in total. The molecule has 1 fully saturated rings. The molecule has 5 heteroatoms. The van der Waals surface area contributed by atoms with Crippen LogP contribution in [0.4, 0.5) is 10.5 Å². The summed E-state index contributed by atoms with van der Waals surface area (Å²) in [6, 6.07) is 7.18. The lowest BCUT2D eigenvalue weighted by atomic mass is 9.86. The molecule has 0 bridgehead atoms. The standard InChI is InChI=1S/C18H27N3O2/c1-12(2)15-16(22)19-10-11-21(15)17(23)20-14-9-7-6-8-13(14)18(3,4)5/h6-9,12,15H,10-11H2,1-5H3,(H,19,22)(H,20,23). The summed E-state index contributed by atoms with van der Waals surface area (Å²) >= 11 is 0. The lowest BCUT2D eigenvalue weighted by Gasteiger charge is -2.37. The van der Waals surface area contributed by atoms with Gasteiger partial charge in [-0.15, -0.1) is 0 Å². The van der Waals surface area contributed by atoms with Crippen LogP contribution in [0.15, 0.2) is 24.3 Å².